The zero-order valence-electron chi connectivity index (χ0n) is 15.4. The molecule has 3 heteroatoms. The van der Waals surface area contributed by atoms with Crippen LogP contribution in [0.5, 0.6) is 0 Å². The van der Waals surface area contributed by atoms with Gasteiger partial charge in [0.1, 0.15) is 12.1 Å². The molecule has 138 valence electrons. The Morgan fingerprint density at radius 3 is 2.00 bits per heavy atom. The summed E-state index contributed by atoms with van der Waals surface area (Å²) in [7, 11) is 0. The molecule has 1 atom stereocenters. The number of ether oxygens (including phenoxy) is 1. The molecule has 1 aliphatic heterocycles. The molecule has 1 fully saturated rings. The standard InChI is InChI=1S/C23H29NO2/c25-23(22-13-7-8-18-24-22)26-21(16-14-19-9-3-1-4-10-19)17-15-20-11-5-2-6-12-20/h1-6,9-12,21-22,24H,7-8,13-18H2/t22-/m0/s1. The molecule has 0 radical (unpaired) electrons. The van der Waals surface area contributed by atoms with Crippen molar-refractivity contribution in [3.05, 3.63) is 71.8 Å². The SMILES string of the molecule is O=C(OC(CCc1ccccc1)CCc1ccccc1)[C@@H]1CCCCN1. The minimum atomic E-state index is -0.125. The van der Waals surface area contributed by atoms with Crippen molar-refractivity contribution in [1.82, 2.24) is 5.32 Å². The average molecular weight is 351 g/mol. The second-order valence-electron chi connectivity index (χ2n) is 7.11. The molecule has 1 N–H and O–H groups in total. The Bertz CT molecular complexity index is 607. The van der Waals surface area contributed by atoms with Gasteiger partial charge in [-0.05, 0) is 56.2 Å². The van der Waals surface area contributed by atoms with Crippen LogP contribution in [0.15, 0.2) is 60.7 Å². The number of carbonyl (C=O) groups excluding carboxylic acids is 1. The van der Waals surface area contributed by atoms with Gasteiger partial charge in [0.15, 0.2) is 0 Å². The molecular formula is C23H29NO2. The van der Waals surface area contributed by atoms with E-state index in [4.69, 9.17) is 4.74 Å². The summed E-state index contributed by atoms with van der Waals surface area (Å²) in [5.74, 6) is -0.0733. The quantitative estimate of drug-likeness (QED) is 0.721. The van der Waals surface area contributed by atoms with Gasteiger partial charge in [0, 0.05) is 0 Å². The maximum Gasteiger partial charge on any atom is 0.323 e. The van der Waals surface area contributed by atoms with Crippen molar-refractivity contribution in [2.24, 2.45) is 0 Å². The Hall–Kier alpha value is -2.13. The van der Waals surface area contributed by atoms with E-state index in [9.17, 15) is 4.79 Å². The van der Waals surface area contributed by atoms with E-state index in [1.54, 1.807) is 0 Å². The molecule has 3 rings (SSSR count). The number of benzene rings is 2. The molecule has 2 aromatic carbocycles. The summed E-state index contributed by atoms with van der Waals surface area (Å²) in [4.78, 5) is 12.5. The predicted molar refractivity (Wildman–Crippen MR) is 105 cm³/mol. The molecule has 0 saturated carbocycles. The van der Waals surface area contributed by atoms with Crippen LogP contribution in [0.25, 0.3) is 0 Å². The molecule has 0 aliphatic carbocycles. The van der Waals surface area contributed by atoms with Crippen LogP contribution in [0.1, 0.15) is 43.2 Å². The zero-order chi connectivity index (χ0) is 18.0. The summed E-state index contributed by atoms with van der Waals surface area (Å²) < 4.78 is 5.93. The molecule has 0 aromatic heterocycles. The fourth-order valence-electron chi connectivity index (χ4n) is 3.51. The molecule has 26 heavy (non-hydrogen) atoms. The predicted octanol–water partition coefficient (Wildman–Crippen LogP) is 4.31. The monoisotopic (exact) mass is 351 g/mol. The van der Waals surface area contributed by atoms with Crippen molar-refractivity contribution in [3.8, 4) is 0 Å². The normalized spacial score (nSPS) is 17.2. The molecule has 1 aliphatic rings. The highest BCUT2D eigenvalue weighted by Crippen LogP contribution is 2.16. The van der Waals surface area contributed by atoms with Gasteiger partial charge in [0.05, 0.1) is 0 Å². The van der Waals surface area contributed by atoms with Crippen molar-refractivity contribution in [2.75, 3.05) is 6.54 Å². The van der Waals surface area contributed by atoms with E-state index in [2.05, 4.69) is 53.8 Å². The summed E-state index contributed by atoms with van der Waals surface area (Å²) in [6.07, 6.45) is 6.72. The van der Waals surface area contributed by atoms with Gasteiger partial charge >= 0.3 is 5.97 Å². The van der Waals surface area contributed by atoms with E-state index in [-0.39, 0.29) is 18.1 Å². The van der Waals surface area contributed by atoms with Crippen LogP contribution in [-0.4, -0.2) is 24.7 Å². The van der Waals surface area contributed by atoms with Crippen molar-refractivity contribution < 1.29 is 9.53 Å². The summed E-state index contributed by atoms with van der Waals surface area (Å²) >= 11 is 0. The Balaban J connectivity index is 1.57. The number of aryl methyl sites for hydroxylation is 2. The minimum Gasteiger partial charge on any atom is -0.461 e. The molecule has 0 bridgehead atoms. The molecule has 2 aromatic rings. The maximum atomic E-state index is 12.5. The first-order valence-electron chi connectivity index (χ1n) is 9.83. The van der Waals surface area contributed by atoms with Gasteiger partial charge in [-0.3, -0.25) is 4.79 Å². The first-order chi connectivity index (χ1) is 12.8. The van der Waals surface area contributed by atoms with Crippen LogP contribution < -0.4 is 5.32 Å². The summed E-state index contributed by atoms with van der Waals surface area (Å²) in [5, 5.41) is 3.30. The highest BCUT2D eigenvalue weighted by molar-refractivity contribution is 5.76. The third-order valence-corrected chi connectivity index (χ3v) is 5.07. The number of rotatable bonds is 8. The molecule has 3 nitrogen and oxygen atoms in total. The van der Waals surface area contributed by atoms with Crippen LogP contribution in [-0.2, 0) is 22.4 Å². The number of nitrogens with one attached hydrogen (secondary N) is 1. The zero-order valence-corrected chi connectivity index (χ0v) is 15.4. The van der Waals surface area contributed by atoms with Crippen LogP contribution in [0, 0.1) is 0 Å². The Morgan fingerprint density at radius 2 is 1.50 bits per heavy atom. The molecule has 0 amide bonds. The smallest absolute Gasteiger partial charge is 0.323 e. The lowest BCUT2D eigenvalue weighted by molar-refractivity contribution is -0.152. The van der Waals surface area contributed by atoms with E-state index in [0.717, 1.165) is 51.5 Å². The second kappa shape index (κ2) is 10.1. The number of piperidine rings is 1. The Labute approximate surface area is 156 Å². The van der Waals surface area contributed by atoms with Gasteiger partial charge in [-0.25, -0.2) is 0 Å². The number of carbonyl (C=O) groups is 1. The van der Waals surface area contributed by atoms with E-state index < -0.39 is 0 Å². The van der Waals surface area contributed by atoms with Crippen LogP contribution in [0.4, 0.5) is 0 Å². The van der Waals surface area contributed by atoms with E-state index in [1.165, 1.54) is 11.1 Å². The summed E-state index contributed by atoms with van der Waals surface area (Å²) in [6, 6.07) is 20.7. The van der Waals surface area contributed by atoms with Gasteiger partial charge in [0.25, 0.3) is 0 Å². The highest BCUT2D eigenvalue weighted by Gasteiger charge is 2.24. The van der Waals surface area contributed by atoms with E-state index in [1.807, 2.05) is 12.1 Å². The lowest BCUT2D eigenvalue weighted by Crippen LogP contribution is -2.42. The Morgan fingerprint density at radius 1 is 0.923 bits per heavy atom. The Kier molecular flexibility index (Phi) is 7.26. The van der Waals surface area contributed by atoms with Crippen molar-refractivity contribution in [2.45, 2.75) is 57.1 Å². The number of esters is 1. The molecule has 0 spiro atoms. The van der Waals surface area contributed by atoms with Crippen molar-refractivity contribution in [3.63, 3.8) is 0 Å². The topological polar surface area (TPSA) is 38.3 Å². The summed E-state index contributed by atoms with van der Waals surface area (Å²) in [6.45, 7) is 0.915. The lowest BCUT2D eigenvalue weighted by atomic mass is 10.0. The molecule has 1 heterocycles. The minimum absolute atomic E-state index is 0.0355. The molecule has 1 saturated heterocycles. The maximum absolute atomic E-state index is 12.5. The van der Waals surface area contributed by atoms with Crippen LogP contribution in [0.2, 0.25) is 0 Å². The molecule has 0 unspecified atom stereocenters. The second-order valence-corrected chi connectivity index (χ2v) is 7.11. The van der Waals surface area contributed by atoms with Gasteiger partial charge in [-0.2, -0.15) is 0 Å². The number of hydrogen-bond acceptors (Lipinski definition) is 3. The summed E-state index contributed by atoms with van der Waals surface area (Å²) in [5.41, 5.74) is 2.59. The number of hydrogen-bond donors (Lipinski definition) is 1. The lowest BCUT2D eigenvalue weighted by Gasteiger charge is -2.25. The largest absolute Gasteiger partial charge is 0.461 e. The van der Waals surface area contributed by atoms with Gasteiger partial charge < -0.3 is 10.1 Å². The van der Waals surface area contributed by atoms with Crippen LogP contribution in [0.3, 0.4) is 0 Å². The first kappa shape index (κ1) is 18.7. The van der Waals surface area contributed by atoms with Gasteiger partial charge in [-0.1, -0.05) is 67.1 Å². The average Bonchev–Trinajstić information content (AvgIpc) is 2.72. The van der Waals surface area contributed by atoms with Gasteiger partial charge in [0.2, 0.25) is 0 Å². The highest BCUT2D eigenvalue weighted by atomic mass is 16.5. The third kappa shape index (κ3) is 5.99. The first-order valence-corrected chi connectivity index (χ1v) is 9.83. The van der Waals surface area contributed by atoms with E-state index >= 15 is 0 Å². The van der Waals surface area contributed by atoms with Crippen molar-refractivity contribution >= 4 is 5.97 Å². The fourth-order valence-corrected chi connectivity index (χ4v) is 3.51. The van der Waals surface area contributed by atoms with Crippen LogP contribution >= 0.6 is 0 Å². The van der Waals surface area contributed by atoms with Gasteiger partial charge in [-0.15, -0.1) is 0 Å². The molecular weight excluding hydrogens is 322 g/mol. The fraction of sp³-hybridized carbons (Fsp3) is 0.435. The van der Waals surface area contributed by atoms with Crippen molar-refractivity contribution in [1.29, 1.82) is 0 Å². The van der Waals surface area contributed by atoms with E-state index in [0.29, 0.717) is 0 Å². The third-order valence-electron chi connectivity index (χ3n) is 5.07.